The number of para-hydroxylation sites is 1. The third-order valence-electron chi connectivity index (χ3n) is 4.05. The van der Waals surface area contributed by atoms with Crippen LogP contribution < -0.4 is 11.0 Å². The molecule has 0 aliphatic rings. The van der Waals surface area contributed by atoms with Crippen molar-refractivity contribution in [1.82, 2.24) is 14.5 Å². The highest BCUT2D eigenvalue weighted by molar-refractivity contribution is 5.81. The number of fused-ring (bicyclic) bond motifs is 1. The first kappa shape index (κ1) is 16.3. The van der Waals surface area contributed by atoms with E-state index in [1.54, 1.807) is 0 Å². The summed E-state index contributed by atoms with van der Waals surface area (Å²) in [7, 11) is 4.03. The van der Waals surface area contributed by atoms with Crippen molar-refractivity contribution in [3.63, 3.8) is 0 Å². The Kier molecular flexibility index (Phi) is 4.20. The van der Waals surface area contributed by atoms with Crippen LogP contribution in [-0.2, 0) is 5.54 Å². The highest BCUT2D eigenvalue weighted by Crippen LogP contribution is 2.24. The van der Waals surface area contributed by atoms with Crippen LogP contribution >= 0.6 is 0 Å². The number of hydrogen-bond acceptors (Lipinski definition) is 3. The Hall–Kier alpha value is -2.53. The van der Waals surface area contributed by atoms with Gasteiger partial charge in [0.05, 0.1) is 16.6 Å². The van der Waals surface area contributed by atoms with Gasteiger partial charge in [0.2, 0.25) is 0 Å². The standard InChI is InChI=1S/C19H24N4O/c1-19(2,13-22(3)4)23-17-11-10-15(12-16(17)21-18(23)24)20-14-8-6-5-7-9-14/h5-12,20H,13H2,1-4H3,(H,21,24). The summed E-state index contributed by atoms with van der Waals surface area (Å²) in [5.41, 5.74) is 3.36. The number of imidazole rings is 1. The van der Waals surface area contributed by atoms with Crippen LogP contribution in [0.3, 0.4) is 0 Å². The van der Waals surface area contributed by atoms with Gasteiger partial charge in [0.15, 0.2) is 0 Å². The first-order valence-corrected chi connectivity index (χ1v) is 8.09. The number of nitrogens with zero attached hydrogens (tertiary/aromatic N) is 2. The van der Waals surface area contributed by atoms with Gasteiger partial charge in [-0.1, -0.05) is 18.2 Å². The summed E-state index contributed by atoms with van der Waals surface area (Å²) in [6.45, 7) is 4.94. The zero-order valence-electron chi connectivity index (χ0n) is 14.6. The van der Waals surface area contributed by atoms with E-state index in [1.807, 2.05) is 67.2 Å². The second-order valence-corrected chi connectivity index (χ2v) is 7.04. The van der Waals surface area contributed by atoms with Gasteiger partial charge in [-0.05, 0) is 58.3 Å². The lowest BCUT2D eigenvalue weighted by Crippen LogP contribution is -2.42. The minimum Gasteiger partial charge on any atom is -0.355 e. The molecule has 2 N–H and O–H groups in total. The second-order valence-electron chi connectivity index (χ2n) is 7.04. The summed E-state index contributed by atoms with van der Waals surface area (Å²) in [5, 5.41) is 3.36. The molecular weight excluding hydrogens is 300 g/mol. The largest absolute Gasteiger partial charge is 0.355 e. The van der Waals surface area contributed by atoms with E-state index in [1.165, 1.54) is 0 Å². The average Bonchev–Trinajstić information content (AvgIpc) is 2.82. The van der Waals surface area contributed by atoms with Crippen molar-refractivity contribution in [2.24, 2.45) is 0 Å². The molecule has 126 valence electrons. The first-order chi connectivity index (χ1) is 11.4. The molecule has 0 unspecified atom stereocenters. The molecule has 3 aromatic rings. The van der Waals surface area contributed by atoms with Gasteiger partial charge < -0.3 is 15.2 Å². The average molecular weight is 324 g/mol. The second kappa shape index (κ2) is 6.17. The van der Waals surface area contributed by atoms with Crippen LogP contribution in [0.4, 0.5) is 11.4 Å². The number of likely N-dealkylation sites (N-methyl/N-ethyl adjacent to an activating group) is 1. The van der Waals surface area contributed by atoms with Gasteiger partial charge in [0.1, 0.15) is 0 Å². The van der Waals surface area contributed by atoms with Crippen molar-refractivity contribution in [2.75, 3.05) is 26.0 Å². The highest BCUT2D eigenvalue weighted by Gasteiger charge is 2.25. The molecule has 5 heteroatoms. The number of aromatic nitrogens is 2. The molecule has 0 fully saturated rings. The quantitative estimate of drug-likeness (QED) is 0.756. The van der Waals surface area contributed by atoms with Gasteiger partial charge in [-0.3, -0.25) is 4.57 Å². The maximum absolute atomic E-state index is 12.5. The highest BCUT2D eigenvalue weighted by atomic mass is 16.1. The van der Waals surface area contributed by atoms with Crippen LogP contribution in [0.25, 0.3) is 11.0 Å². The Morgan fingerprint density at radius 3 is 2.46 bits per heavy atom. The van der Waals surface area contributed by atoms with Crippen molar-refractivity contribution in [2.45, 2.75) is 19.4 Å². The number of nitrogens with one attached hydrogen (secondary N) is 2. The lowest BCUT2D eigenvalue weighted by molar-refractivity contribution is 0.242. The lowest BCUT2D eigenvalue weighted by Gasteiger charge is -2.29. The maximum atomic E-state index is 12.5. The molecular formula is C19H24N4O. The topological polar surface area (TPSA) is 53.1 Å². The van der Waals surface area contributed by atoms with E-state index in [9.17, 15) is 4.79 Å². The number of hydrogen-bond donors (Lipinski definition) is 2. The number of aromatic amines is 1. The molecule has 5 nitrogen and oxygen atoms in total. The summed E-state index contributed by atoms with van der Waals surface area (Å²) in [6, 6.07) is 16.0. The van der Waals surface area contributed by atoms with E-state index >= 15 is 0 Å². The first-order valence-electron chi connectivity index (χ1n) is 8.09. The van der Waals surface area contributed by atoms with E-state index < -0.39 is 0 Å². The minimum absolute atomic E-state index is 0.0753. The Morgan fingerprint density at radius 1 is 1.08 bits per heavy atom. The summed E-state index contributed by atoms with van der Waals surface area (Å²) < 4.78 is 1.84. The molecule has 0 spiro atoms. The van der Waals surface area contributed by atoms with E-state index in [-0.39, 0.29) is 11.2 Å². The summed E-state index contributed by atoms with van der Waals surface area (Å²) in [6.07, 6.45) is 0. The van der Waals surface area contributed by atoms with Crippen LogP contribution in [0.5, 0.6) is 0 Å². The monoisotopic (exact) mass is 324 g/mol. The fourth-order valence-electron chi connectivity index (χ4n) is 3.32. The Bertz CT molecular complexity index is 891. The van der Waals surface area contributed by atoms with E-state index in [2.05, 4.69) is 29.0 Å². The predicted molar refractivity (Wildman–Crippen MR) is 100 cm³/mol. The van der Waals surface area contributed by atoms with Crippen LogP contribution in [0.15, 0.2) is 53.3 Å². The fraction of sp³-hybridized carbons (Fsp3) is 0.316. The van der Waals surface area contributed by atoms with Crippen LogP contribution in [0.2, 0.25) is 0 Å². The van der Waals surface area contributed by atoms with Crippen LogP contribution in [0.1, 0.15) is 13.8 Å². The van der Waals surface area contributed by atoms with Crippen molar-refractivity contribution in [3.8, 4) is 0 Å². The Balaban J connectivity index is 2.00. The molecule has 0 saturated heterocycles. The molecule has 0 atom stereocenters. The molecule has 2 aromatic carbocycles. The smallest absolute Gasteiger partial charge is 0.327 e. The van der Waals surface area contributed by atoms with Crippen molar-refractivity contribution in [1.29, 1.82) is 0 Å². The normalized spacial score (nSPS) is 12.0. The van der Waals surface area contributed by atoms with Gasteiger partial charge in [-0.15, -0.1) is 0 Å². The Labute approximate surface area is 141 Å². The van der Waals surface area contributed by atoms with E-state index in [0.717, 1.165) is 29.0 Å². The maximum Gasteiger partial charge on any atom is 0.327 e. The van der Waals surface area contributed by atoms with Crippen molar-refractivity contribution in [3.05, 3.63) is 59.0 Å². The third-order valence-corrected chi connectivity index (χ3v) is 4.05. The minimum atomic E-state index is -0.298. The molecule has 0 aliphatic heterocycles. The Morgan fingerprint density at radius 2 is 1.79 bits per heavy atom. The van der Waals surface area contributed by atoms with Gasteiger partial charge >= 0.3 is 5.69 Å². The molecule has 0 radical (unpaired) electrons. The number of rotatable bonds is 5. The number of H-pyrrole nitrogens is 1. The number of anilines is 2. The van der Waals surface area contributed by atoms with Gasteiger partial charge in [-0.2, -0.15) is 0 Å². The molecule has 24 heavy (non-hydrogen) atoms. The SMILES string of the molecule is CN(C)CC(C)(C)n1c(=O)[nH]c2cc(Nc3ccccc3)ccc21. The fourth-order valence-corrected chi connectivity index (χ4v) is 3.32. The predicted octanol–water partition coefficient (Wildman–Crippen LogP) is 3.37. The van der Waals surface area contributed by atoms with Crippen molar-refractivity contribution < 1.29 is 0 Å². The molecule has 1 heterocycles. The summed E-state index contributed by atoms with van der Waals surface area (Å²) >= 11 is 0. The molecule has 0 saturated carbocycles. The zero-order valence-corrected chi connectivity index (χ0v) is 14.6. The third kappa shape index (κ3) is 3.21. The van der Waals surface area contributed by atoms with Crippen LogP contribution in [-0.4, -0.2) is 35.1 Å². The summed E-state index contributed by atoms with van der Waals surface area (Å²) in [4.78, 5) is 17.6. The molecule has 0 aliphatic carbocycles. The van der Waals surface area contributed by atoms with Crippen molar-refractivity contribution >= 4 is 22.4 Å². The van der Waals surface area contributed by atoms with Gasteiger partial charge in [-0.25, -0.2) is 4.79 Å². The molecule has 0 amide bonds. The van der Waals surface area contributed by atoms with E-state index in [4.69, 9.17) is 0 Å². The van der Waals surface area contributed by atoms with E-state index in [0.29, 0.717) is 0 Å². The van der Waals surface area contributed by atoms with Gasteiger partial charge in [0, 0.05) is 17.9 Å². The summed E-state index contributed by atoms with van der Waals surface area (Å²) in [5.74, 6) is 0. The number of benzene rings is 2. The van der Waals surface area contributed by atoms with Crippen LogP contribution in [0, 0.1) is 0 Å². The molecule has 0 bridgehead atoms. The molecule has 1 aromatic heterocycles. The molecule has 3 rings (SSSR count). The lowest BCUT2D eigenvalue weighted by atomic mass is 10.0. The zero-order chi connectivity index (χ0) is 17.3. The van der Waals surface area contributed by atoms with Gasteiger partial charge in [0.25, 0.3) is 0 Å².